The largest absolute Gasteiger partial charge is 0.491 e. The van der Waals surface area contributed by atoms with Crippen LogP contribution in [0.15, 0.2) is 60.8 Å². The van der Waals surface area contributed by atoms with E-state index < -0.39 is 17.9 Å². The Bertz CT molecular complexity index is 1590. The molecule has 1 aliphatic rings. The van der Waals surface area contributed by atoms with Crippen molar-refractivity contribution >= 4 is 34.9 Å². The van der Waals surface area contributed by atoms with E-state index in [0.29, 0.717) is 56.1 Å². The van der Waals surface area contributed by atoms with Crippen molar-refractivity contribution in [1.82, 2.24) is 30.0 Å². The first-order valence-corrected chi connectivity index (χ1v) is 14.8. The van der Waals surface area contributed by atoms with Crippen LogP contribution in [0.25, 0.3) is 11.0 Å². The number of nitrogens with two attached hydrogens (primary N) is 1. The molecule has 236 valence electrons. The van der Waals surface area contributed by atoms with Crippen LogP contribution in [0.5, 0.6) is 5.75 Å². The van der Waals surface area contributed by atoms with Crippen molar-refractivity contribution in [3.05, 3.63) is 77.6 Å². The summed E-state index contributed by atoms with van der Waals surface area (Å²) in [6.45, 7) is 5.18. The minimum absolute atomic E-state index is 0.108. The molecule has 3 amide bonds. The average Bonchev–Trinajstić information content (AvgIpc) is 3.42. The summed E-state index contributed by atoms with van der Waals surface area (Å²) in [5.41, 5.74) is 7.84. The molecule has 45 heavy (non-hydrogen) atoms. The molecule has 5 rings (SSSR count). The number of aromatic nitrogens is 4. The minimum Gasteiger partial charge on any atom is -0.491 e. The second-order valence-electron chi connectivity index (χ2n) is 10.4. The molecule has 0 atom stereocenters. The Balaban J connectivity index is 1.32. The van der Waals surface area contributed by atoms with Gasteiger partial charge in [0.2, 0.25) is 11.9 Å². The van der Waals surface area contributed by atoms with Gasteiger partial charge in [0.05, 0.1) is 25.3 Å². The lowest BCUT2D eigenvalue weighted by Crippen LogP contribution is -2.37. The number of benzene rings is 2. The zero-order valence-electron chi connectivity index (χ0n) is 24.8. The van der Waals surface area contributed by atoms with Crippen molar-refractivity contribution in [1.29, 1.82) is 0 Å². The molecule has 0 spiro atoms. The Morgan fingerprint density at radius 3 is 2.58 bits per heavy atom. The number of alkyl carbamates (subject to hydrolysis) is 1. The van der Waals surface area contributed by atoms with Gasteiger partial charge in [-0.15, -0.1) is 5.10 Å². The number of primary amides is 1. The molecule has 4 aromatic rings. The van der Waals surface area contributed by atoms with Gasteiger partial charge in [-0.2, -0.15) is 5.10 Å². The van der Waals surface area contributed by atoms with E-state index in [9.17, 15) is 14.4 Å². The third-order valence-electron chi connectivity index (χ3n) is 7.14. The minimum atomic E-state index is -0.632. The zero-order chi connectivity index (χ0) is 31.4. The van der Waals surface area contributed by atoms with Crippen molar-refractivity contribution in [3.8, 4) is 5.75 Å². The first-order chi connectivity index (χ1) is 22.0. The van der Waals surface area contributed by atoms with Crippen LogP contribution < -0.4 is 21.1 Å². The number of ether oxygens (including phenoxy) is 3. The van der Waals surface area contributed by atoms with Crippen molar-refractivity contribution < 1.29 is 28.6 Å². The molecule has 1 saturated heterocycles. The lowest BCUT2D eigenvalue weighted by Gasteiger charge is -2.26. The number of nitrogens with zero attached hydrogens (tertiary/aromatic N) is 5. The van der Waals surface area contributed by atoms with Crippen LogP contribution >= 0.6 is 0 Å². The Morgan fingerprint density at radius 2 is 1.82 bits per heavy atom. The third-order valence-corrected chi connectivity index (χ3v) is 7.14. The SMILES string of the molecule is NC(=O)c1cc(OCCCN2CCOCC2)c2c(c1)nc(NC(=O)c1cccnn1)n2CCCNC(=O)OCc1ccccc1. The molecule has 1 aliphatic heterocycles. The molecule has 1 fully saturated rings. The highest BCUT2D eigenvalue weighted by molar-refractivity contribution is 6.03. The fourth-order valence-electron chi connectivity index (χ4n) is 4.88. The summed E-state index contributed by atoms with van der Waals surface area (Å²) in [6, 6.07) is 15.7. The number of carbonyl (C=O) groups excluding carboxylic acids is 3. The molecule has 0 saturated carbocycles. The summed E-state index contributed by atoms with van der Waals surface area (Å²) >= 11 is 0. The van der Waals surface area contributed by atoms with Gasteiger partial charge in [0.1, 0.15) is 17.9 Å². The predicted molar refractivity (Wildman–Crippen MR) is 165 cm³/mol. The molecule has 2 aromatic carbocycles. The van der Waals surface area contributed by atoms with Gasteiger partial charge >= 0.3 is 6.09 Å². The van der Waals surface area contributed by atoms with Gasteiger partial charge in [-0.1, -0.05) is 30.3 Å². The summed E-state index contributed by atoms with van der Waals surface area (Å²) in [5.74, 6) is -0.517. The number of hydrogen-bond acceptors (Lipinski definition) is 10. The van der Waals surface area contributed by atoms with Crippen molar-refractivity contribution in [2.24, 2.45) is 5.73 Å². The molecule has 14 heteroatoms. The van der Waals surface area contributed by atoms with Gasteiger partial charge in [0, 0.05) is 44.5 Å². The molecule has 0 aliphatic carbocycles. The van der Waals surface area contributed by atoms with E-state index in [1.54, 1.807) is 22.8 Å². The number of carbonyl (C=O) groups is 3. The Hall–Kier alpha value is -5.08. The lowest BCUT2D eigenvalue weighted by atomic mass is 10.1. The summed E-state index contributed by atoms with van der Waals surface area (Å²) in [7, 11) is 0. The number of hydrogen-bond donors (Lipinski definition) is 3. The summed E-state index contributed by atoms with van der Waals surface area (Å²) in [4.78, 5) is 44.4. The van der Waals surface area contributed by atoms with Crippen LogP contribution in [0.4, 0.5) is 10.7 Å². The number of aryl methyl sites for hydroxylation is 1. The number of morpholine rings is 1. The van der Waals surface area contributed by atoms with Gasteiger partial charge in [0.15, 0.2) is 5.69 Å². The molecule has 3 heterocycles. The van der Waals surface area contributed by atoms with Crippen LogP contribution in [0.2, 0.25) is 0 Å². The molecule has 4 N–H and O–H groups in total. The molecule has 0 radical (unpaired) electrons. The number of anilines is 1. The predicted octanol–water partition coefficient (Wildman–Crippen LogP) is 2.60. The van der Waals surface area contributed by atoms with E-state index in [1.165, 1.54) is 12.3 Å². The lowest BCUT2D eigenvalue weighted by molar-refractivity contribution is 0.0358. The van der Waals surface area contributed by atoms with Gasteiger partial charge in [-0.3, -0.25) is 19.8 Å². The topological polar surface area (TPSA) is 176 Å². The monoisotopic (exact) mass is 616 g/mol. The van der Waals surface area contributed by atoms with Crippen LogP contribution in [0.3, 0.4) is 0 Å². The van der Waals surface area contributed by atoms with Crippen LogP contribution in [-0.4, -0.2) is 88.6 Å². The number of fused-ring (bicyclic) bond motifs is 1. The van der Waals surface area contributed by atoms with E-state index in [4.69, 9.17) is 19.9 Å². The number of amides is 3. The molecular weight excluding hydrogens is 580 g/mol. The summed E-state index contributed by atoms with van der Waals surface area (Å²) < 4.78 is 18.7. The van der Waals surface area contributed by atoms with Crippen molar-refractivity contribution in [3.63, 3.8) is 0 Å². The van der Waals surface area contributed by atoms with E-state index in [2.05, 4.69) is 30.7 Å². The Morgan fingerprint density at radius 1 is 1.00 bits per heavy atom. The average molecular weight is 617 g/mol. The van der Waals surface area contributed by atoms with Gasteiger partial charge in [-0.25, -0.2) is 9.78 Å². The number of imidazole rings is 1. The quantitative estimate of drug-likeness (QED) is 0.179. The van der Waals surface area contributed by atoms with Crippen LogP contribution in [-0.2, 0) is 22.6 Å². The fourth-order valence-corrected chi connectivity index (χ4v) is 4.88. The molecule has 0 unspecified atom stereocenters. The van der Waals surface area contributed by atoms with Gasteiger partial charge in [0.25, 0.3) is 5.91 Å². The highest BCUT2D eigenvalue weighted by Gasteiger charge is 2.21. The first kappa shape index (κ1) is 31.3. The zero-order valence-corrected chi connectivity index (χ0v) is 24.8. The number of rotatable bonds is 14. The number of nitrogens with one attached hydrogen (secondary N) is 2. The van der Waals surface area contributed by atoms with Crippen molar-refractivity contribution in [2.45, 2.75) is 26.0 Å². The van der Waals surface area contributed by atoms with Gasteiger partial charge in [-0.05, 0) is 42.7 Å². The Labute approximate surface area is 259 Å². The van der Waals surface area contributed by atoms with E-state index in [0.717, 1.165) is 31.6 Å². The first-order valence-electron chi connectivity index (χ1n) is 14.8. The van der Waals surface area contributed by atoms with Crippen molar-refractivity contribution in [2.75, 3.05) is 51.3 Å². The second-order valence-corrected chi connectivity index (χ2v) is 10.4. The van der Waals surface area contributed by atoms with Crippen LogP contribution in [0.1, 0.15) is 39.3 Å². The van der Waals surface area contributed by atoms with E-state index in [-0.39, 0.29) is 23.8 Å². The fraction of sp³-hybridized carbons (Fsp3) is 0.355. The third kappa shape index (κ3) is 8.74. The Kier molecular flexibility index (Phi) is 10.9. The highest BCUT2D eigenvalue weighted by Crippen LogP contribution is 2.31. The standard InChI is InChI=1S/C31H36N8O6/c32-28(40)23-19-25-27(26(20-23)44-16-6-12-38-14-17-43-18-15-38)39(30(35-25)36-29(41)24-9-4-11-34-37-24)13-5-10-33-31(42)45-21-22-7-2-1-3-8-22/h1-4,7-9,11,19-20H,5-6,10,12-18,21H2,(H2,32,40)(H,33,42)(H,35,36,41). The summed E-state index contributed by atoms with van der Waals surface area (Å²) in [5, 5.41) is 13.2. The highest BCUT2D eigenvalue weighted by atomic mass is 16.5. The molecular formula is C31H36N8O6. The maximum atomic E-state index is 13.0. The maximum Gasteiger partial charge on any atom is 0.407 e. The second kappa shape index (κ2) is 15.6. The normalized spacial score (nSPS) is 13.3. The maximum absolute atomic E-state index is 13.0. The summed E-state index contributed by atoms with van der Waals surface area (Å²) in [6.07, 6.45) is 2.15. The van der Waals surface area contributed by atoms with E-state index in [1.807, 2.05) is 30.3 Å². The molecule has 0 bridgehead atoms. The smallest absolute Gasteiger partial charge is 0.407 e. The van der Waals surface area contributed by atoms with Gasteiger partial charge < -0.3 is 29.8 Å². The molecule has 2 aromatic heterocycles. The van der Waals surface area contributed by atoms with E-state index >= 15 is 0 Å². The van der Waals surface area contributed by atoms with Crippen LogP contribution in [0, 0.1) is 0 Å². The molecule has 14 nitrogen and oxygen atoms in total.